The highest BCUT2D eigenvalue weighted by atomic mass is 79.9. The van der Waals surface area contributed by atoms with Crippen molar-refractivity contribution in [2.45, 2.75) is 20.0 Å². The van der Waals surface area contributed by atoms with Crippen molar-refractivity contribution >= 4 is 33.2 Å². The van der Waals surface area contributed by atoms with Crippen LogP contribution in [0.5, 0.6) is 0 Å². The van der Waals surface area contributed by atoms with E-state index in [-0.39, 0.29) is 11.6 Å². The molecule has 22 heavy (non-hydrogen) atoms. The molecule has 1 N–H and O–H groups in total. The summed E-state index contributed by atoms with van der Waals surface area (Å²) in [4.78, 5) is 13.0. The molecule has 8 heteroatoms. The molecule has 0 atom stereocenters. The van der Waals surface area contributed by atoms with Crippen molar-refractivity contribution in [3.8, 4) is 10.6 Å². The van der Waals surface area contributed by atoms with E-state index < -0.39 is 0 Å². The van der Waals surface area contributed by atoms with E-state index in [1.165, 1.54) is 11.3 Å². The van der Waals surface area contributed by atoms with Gasteiger partial charge in [0.1, 0.15) is 0 Å². The summed E-state index contributed by atoms with van der Waals surface area (Å²) in [5.41, 5.74) is 1.03. The Morgan fingerprint density at radius 1 is 1.55 bits per heavy atom. The summed E-state index contributed by atoms with van der Waals surface area (Å²) < 4.78 is 7.87. The zero-order valence-electron chi connectivity index (χ0n) is 11.7. The van der Waals surface area contributed by atoms with Gasteiger partial charge in [-0.3, -0.25) is 9.48 Å². The predicted octanol–water partition coefficient (Wildman–Crippen LogP) is 3.31. The first-order chi connectivity index (χ1) is 10.7. The molecule has 0 bridgehead atoms. The molecule has 3 rings (SSSR count). The van der Waals surface area contributed by atoms with Gasteiger partial charge in [0, 0.05) is 18.8 Å². The second kappa shape index (κ2) is 6.45. The molecule has 0 aromatic carbocycles. The van der Waals surface area contributed by atoms with Crippen LogP contribution in [0, 0.1) is 0 Å². The van der Waals surface area contributed by atoms with Gasteiger partial charge in [-0.2, -0.15) is 5.10 Å². The van der Waals surface area contributed by atoms with Gasteiger partial charge in [0.2, 0.25) is 0 Å². The summed E-state index contributed by atoms with van der Waals surface area (Å²) in [6.07, 6.45) is 1.88. The van der Waals surface area contributed by atoms with Gasteiger partial charge in [0.25, 0.3) is 5.91 Å². The Kier molecular flexibility index (Phi) is 4.39. The molecule has 6 nitrogen and oxygen atoms in total. The monoisotopic (exact) mass is 380 g/mol. The molecule has 3 aromatic heterocycles. The molecular formula is C14H13BrN4O2S. The molecule has 3 heterocycles. The molecule has 0 radical (unpaired) electrons. The summed E-state index contributed by atoms with van der Waals surface area (Å²) in [6, 6.07) is 5.48. The van der Waals surface area contributed by atoms with E-state index in [0.29, 0.717) is 12.3 Å². The molecule has 0 aliphatic heterocycles. The highest BCUT2D eigenvalue weighted by Crippen LogP contribution is 2.25. The normalized spacial score (nSPS) is 10.8. The fraction of sp³-hybridized carbons (Fsp3) is 0.214. The zero-order valence-corrected chi connectivity index (χ0v) is 14.1. The van der Waals surface area contributed by atoms with Gasteiger partial charge in [-0.1, -0.05) is 11.2 Å². The summed E-state index contributed by atoms with van der Waals surface area (Å²) in [7, 11) is 0. The first kappa shape index (κ1) is 15.0. The Bertz CT molecular complexity index is 779. The van der Waals surface area contributed by atoms with Crippen molar-refractivity contribution < 1.29 is 9.32 Å². The van der Waals surface area contributed by atoms with Gasteiger partial charge in [0.15, 0.2) is 11.5 Å². The number of rotatable bonds is 5. The third kappa shape index (κ3) is 3.12. The van der Waals surface area contributed by atoms with E-state index in [4.69, 9.17) is 4.52 Å². The fourth-order valence-corrected chi connectivity index (χ4v) is 3.02. The van der Waals surface area contributed by atoms with Crippen LogP contribution in [0.3, 0.4) is 0 Å². The van der Waals surface area contributed by atoms with E-state index >= 15 is 0 Å². The molecule has 0 unspecified atom stereocenters. The number of carbonyl (C=O) groups is 1. The van der Waals surface area contributed by atoms with Crippen molar-refractivity contribution in [2.24, 2.45) is 0 Å². The minimum Gasteiger partial charge on any atom is -0.355 e. The average Bonchev–Trinajstić information content (AvgIpc) is 3.24. The van der Waals surface area contributed by atoms with Crippen molar-refractivity contribution in [3.05, 3.63) is 45.6 Å². The second-order valence-electron chi connectivity index (χ2n) is 4.52. The standard InChI is InChI=1S/C14H13BrN4O2S/c1-2-19-8-9(15)11(17-19)7-16-14(20)10-6-12(21-18-10)13-4-3-5-22-13/h3-6,8H,2,7H2,1H3,(H,16,20). The fourth-order valence-electron chi connectivity index (χ4n) is 1.89. The smallest absolute Gasteiger partial charge is 0.273 e. The van der Waals surface area contributed by atoms with E-state index in [0.717, 1.165) is 21.6 Å². The largest absolute Gasteiger partial charge is 0.355 e. The van der Waals surface area contributed by atoms with E-state index in [2.05, 4.69) is 31.5 Å². The SMILES string of the molecule is CCn1cc(Br)c(CNC(=O)c2cc(-c3cccs3)on2)n1. The summed E-state index contributed by atoms with van der Waals surface area (Å²) >= 11 is 4.96. The van der Waals surface area contributed by atoms with Gasteiger partial charge in [0.05, 0.1) is 21.6 Å². The molecule has 0 spiro atoms. The molecule has 114 valence electrons. The number of aryl methyl sites for hydroxylation is 1. The highest BCUT2D eigenvalue weighted by Gasteiger charge is 2.15. The molecular weight excluding hydrogens is 368 g/mol. The van der Waals surface area contributed by atoms with Crippen LogP contribution in [-0.2, 0) is 13.1 Å². The molecule has 0 aliphatic rings. The Morgan fingerprint density at radius 3 is 3.09 bits per heavy atom. The quantitative estimate of drug-likeness (QED) is 0.736. The van der Waals surface area contributed by atoms with Crippen LogP contribution in [0.4, 0.5) is 0 Å². The Morgan fingerprint density at radius 2 is 2.41 bits per heavy atom. The second-order valence-corrected chi connectivity index (χ2v) is 6.32. The number of nitrogens with one attached hydrogen (secondary N) is 1. The molecule has 3 aromatic rings. The summed E-state index contributed by atoms with van der Waals surface area (Å²) in [6.45, 7) is 3.11. The Balaban J connectivity index is 1.66. The Labute approximate surface area is 139 Å². The van der Waals surface area contributed by atoms with Gasteiger partial charge < -0.3 is 9.84 Å². The van der Waals surface area contributed by atoms with Crippen LogP contribution in [0.25, 0.3) is 10.6 Å². The van der Waals surface area contributed by atoms with Gasteiger partial charge in [-0.15, -0.1) is 11.3 Å². The van der Waals surface area contributed by atoms with Crippen molar-refractivity contribution in [2.75, 3.05) is 0 Å². The first-order valence-corrected chi connectivity index (χ1v) is 8.35. The molecule has 0 saturated carbocycles. The maximum absolute atomic E-state index is 12.1. The first-order valence-electron chi connectivity index (χ1n) is 6.68. The minimum atomic E-state index is -0.287. The number of hydrogen-bond acceptors (Lipinski definition) is 5. The summed E-state index contributed by atoms with van der Waals surface area (Å²) in [5, 5.41) is 12.9. The molecule has 1 amide bonds. The third-order valence-corrected chi connectivity index (χ3v) is 4.58. The lowest BCUT2D eigenvalue weighted by Gasteiger charge is -2.00. The summed E-state index contributed by atoms with van der Waals surface area (Å²) in [5.74, 6) is 0.307. The topological polar surface area (TPSA) is 73.0 Å². The molecule has 0 aliphatic carbocycles. The van der Waals surface area contributed by atoms with Crippen LogP contribution in [0.2, 0.25) is 0 Å². The van der Waals surface area contributed by atoms with Crippen molar-refractivity contribution in [3.63, 3.8) is 0 Å². The lowest BCUT2D eigenvalue weighted by molar-refractivity contribution is 0.0941. The number of hydrogen-bond donors (Lipinski definition) is 1. The van der Waals surface area contributed by atoms with E-state index in [1.54, 1.807) is 10.7 Å². The number of halogens is 1. The maximum Gasteiger partial charge on any atom is 0.273 e. The highest BCUT2D eigenvalue weighted by molar-refractivity contribution is 9.10. The molecule has 0 fully saturated rings. The van der Waals surface area contributed by atoms with Gasteiger partial charge in [-0.05, 0) is 34.3 Å². The van der Waals surface area contributed by atoms with Crippen molar-refractivity contribution in [1.82, 2.24) is 20.3 Å². The lowest BCUT2D eigenvalue weighted by Crippen LogP contribution is -2.23. The minimum absolute atomic E-state index is 0.259. The lowest BCUT2D eigenvalue weighted by atomic mass is 10.3. The van der Waals surface area contributed by atoms with E-state index in [1.807, 2.05) is 30.6 Å². The number of thiophene rings is 1. The van der Waals surface area contributed by atoms with Gasteiger partial charge in [-0.25, -0.2) is 0 Å². The van der Waals surface area contributed by atoms with Crippen LogP contribution in [0.1, 0.15) is 23.1 Å². The number of carbonyl (C=O) groups excluding carboxylic acids is 1. The number of amides is 1. The van der Waals surface area contributed by atoms with Crippen LogP contribution < -0.4 is 5.32 Å². The van der Waals surface area contributed by atoms with Crippen LogP contribution in [0.15, 0.2) is 38.8 Å². The zero-order chi connectivity index (χ0) is 15.5. The Hall–Kier alpha value is -1.93. The third-order valence-electron chi connectivity index (χ3n) is 3.03. The molecule has 0 saturated heterocycles. The average molecular weight is 381 g/mol. The van der Waals surface area contributed by atoms with Crippen molar-refractivity contribution in [1.29, 1.82) is 0 Å². The van der Waals surface area contributed by atoms with Gasteiger partial charge >= 0.3 is 0 Å². The van der Waals surface area contributed by atoms with Crippen LogP contribution in [-0.4, -0.2) is 20.8 Å². The number of aromatic nitrogens is 3. The predicted molar refractivity (Wildman–Crippen MR) is 86.6 cm³/mol. The van der Waals surface area contributed by atoms with E-state index in [9.17, 15) is 4.79 Å². The maximum atomic E-state index is 12.1. The number of nitrogens with zero attached hydrogens (tertiary/aromatic N) is 3. The van der Waals surface area contributed by atoms with Crippen LogP contribution >= 0.6 is 27.3 Å².